The summed E-state index contributed by atoms with van der Waals surface area (Å²) in [5, 5.41) is 3.42. The minimum Gasteiger partial charge on any atom is -0.338 e. The Bertz CT molecular complexity index is 629. The van der Waals surface area contributed by atoms with Gasteiger partial charge in [-0.25, -0.2) is 0 Å². The third-order valence-electron chi connectivity index (χ3n) is 5.88. The summed E-state index contributed by atoms with van der Waals surface area (Å²) in [4.78, 5) is 16.4. The van der Waals surface area contributed by atoms with E-state index in [1.54, 1.807) is 0 Å². The second-order valence-corrected chi connectivity index (χ2v) is 9.21. The summed E-state index contributed by atoms with van der Waals surface area (Å²) in [5.41, 5.74) is 1.63. The van der Waals surface area contributed by atoms with Crippen molar-refractivity contribution in [3.8, 4) is 0 Å². The third kappa shape index (κ3) is 2.85. The van der Waals surface area contributed by atoms with Crippen LogP contribution in [0.1, 0.15) is 37.3 Å². The van der Waals surface area contributed by atoms with Gasteiger partial charge >= 0.3 is 0 Å². The summed E-state index contributed by atoms with van der Waals surface area (Å²) >= 11 is 5.49. The number of carbonyl (C=O) groups is 1. The Labute approximate surface area is 150 Å². The Morgan fingerprint density at radius 3 is 2.96 bits per heavy atom. The fraction of sp³-hybridized carbons (Fsp3) is 0.611. The van der Waals surface area contributed by atoms with Crippen molar-refractivity contribution in [2.45, 2.75) is 36.6 Å². The van der Waals surface area contributed by atoms with Crippen LogP contribution >= 0.6 is 27.7 Å². The number of halogens is 1. The largest absolute Gasteiger partial charge is 0.338 e. The van der Waals surface area contributed by atoms with Gasteiger partial charge in [0, 0.05) is 28.1 Å². The van der Waals surface area contributed by atoms with E-state index in [0.29, 0.717) is 11.3 Å². The van der Waals surface area contributed by atoms with Gasteiger partial charge in [0.15, 0.2) is 0 Å². The number of benzene rings is 1. The van der Waals surface area contributed by atoms with E-state index >= 15 is 0 Å². The van der Waals surface area contributed by atoms with Crippen LogP contribution in [0.4, 0.5) is 0 Å². The summed E-state index contributed by atoms with van der Waals surface area (Å²) in [5.74, 6) is 1.73. The molecule has 1 aromatic rings. The van der Waals surface area contributed by atoms with Crippen molar-refractivity contribution in [2.24, 2.45) is 11.3 Å². The molecule has 23 heavy (non-hydrogen) atoms. The second-order valence-electron chi connectivity index (χ2n) is 7.15. The van der Waals surface area contributed by atoms with Gasteiger partial charge in [-0.15, -0.1) is 11.8 Å². The normalized spacial score (nSPS) is 28.3. The van der Waals surface area contributed by atoms with Crippen molar-refractivity contribution in [3.05, 3.63) is 28.2 Å². The van der Waals surface area contributed by atoms with Gasteiger partial charge in [-0.05, 0) is 68.0 Å². The van der Waals surface area contributed by atoms with E-state index in [-0.39, 0.29) is 12.0 Å². The van der Waals surface area contributed by atoms with Crippen molar-refractivity contribution in [2.75, 3.05) is 25.9 Å². The number of piperidine rings is 1. The molecule has 124 valence electrons. The lowest BCUT2D eigenvalue weighted by Crippen LogP contribution is -2.37. The fourth-order valence-corrected chi connectivity index (χ4v) is 5.79. The van der Waals surface area contributed by atoms with E-state index in [2.05, 4.69) is 39.4 Å². The van der Waals surface area contributed by atoms with Gasteiger partial charge in [0.1, 0.15) is 0 Å². The lowest BCUT2D eigenvalue weighted by molar-refractivity contribution is -0.134. The Kier molecular flexibility index (Phi) is 4.23. The van der Waals surface area contributed by atoms with E-state index < -0.39 is 0 Å². The lowest BCUT2D eigenvalue weighted by Gasteiger charge is -2.34. The van der Waals surface area contributed by atoms with Crippen LogP contribution in [0.3, 0.4) is 0 Å². The maximum absolute atomic E-state index is 13.1. The predicted molar refractivity (Wildman–Crippen MR) is 97.6 cm³/mol. The molecule has 1 amide bonds. The Morgan fingerprint density at radius 1 is 1.39 bits per heavy atom. The molecule has 1 aromatic carbocycles. The molecule has 0 bridgehead atoms. The molecule has 1 N–H and O–H groups in total. The SMILES string of the molecule is CN(C(=O)C1CC12CCNCC2)C1CCSc2ccc(Br)cc21. The first kappa shape index (κ1) is 16.0. The number of hydrogen-bond acceptors (Lipinski definition) is 3. The van der Waals surface area contributed by atoms with E-state index in [1.165, 1.54) is 23.3 Å². The van der Waals surface area contributed by atoms with E-state index in [1.807, 2.05) is 23.7 Å². The average molecular weight is 395 g/mol. The second kappa shape index (κ2) is 6.08. The van der Waals surface area contributed by atoms with Gasteiger partial charge in [0.25, 0.3) is 0 Å². The first-order valence-corrected chi connectivity index (χ1v) is 10.3. The highest BCUT2D eigenvalue weighted by Crippen LogP contribution is 2.59. The number of amides is 1. The Balaban J connectivity index is 1.53. The van der Waals surface area contributed by atoms with Crippen molar-refractivity contribution in [1.29, 1.82) is 0 Å². The molecular formula is C18H23BrN2OS. The molecule has 1 spiro atoms. The zero-order valence-corrected chi connectivity index (χ0v) is 15.9. The maximum atomic E-state index is 13.1. The van der Waals surface area contributed by atoms with E-state index in [9.17, 15) is 4.79 Å². The molecule has 4 rings (SSSR count). The zero-order chi connectivity index (χ0) is 16.0. The monoisotopic (exact) mass is 394 g/mol. The van der Waals surface area contributed by atoms with Crippen LogP contribution in [-0.4, -0.2) is 36.7 Å². The topological polar surface area (TPSA) is 32.3 Å². The summed E-state index contributed by atoms with van der Waals surface area (Å²) < 4.78 is 1.10. The number of nitrogens with one attached hydrogen (secondary N) is 1. The van der Waals surface area contributed by atoms with Gasteiger partial charge in [0.2, 0.25) is 5.91 Å². The highest BCUT2D eigenvalue weighted by Gasteiger charge is 2.58. The smallest absolute Gasteiger partial charge is 0.226 e. The highest BCUT2D eigenvalue weighted by atomic mass is 79.9. The number of hydrogen-bond donors (Lipinski definition) is 1. The molecule has 0 radical (unpaired) electrons. The third-order valence-corrected chi connectivity index (χ3v) is 7.50. The first-order valence-electron chi connectivity index (χ1n) is 8.50. The van der Waals surface area contributed by atoms with Crippen molar-refractivity contribution in [1.82, 2.24) is 10.2 Å². The number of fused-ring (bicyclic) bond motifs is 1. The van der Waals surface area contributed by atoms with Crippen molar-refractivity contribution >= 4 is 33.6 Å². The Hall–Kier alpha value is -0.520. The lowest BCUT2D eigenvalue weighted by atomic mass is 9.91. The summed E-state index contributed by atoms with van der Waals surface area (Å²) in [6, 6.07) is 6.71. The van der Waals surface area contributed by atoms with Crippen LogP contribution in [0.2, 0.25) is 0 Å². The molecule has 0 aromatic heterocycles. The van der Waals surface area contributed by atoms with Gasteiger partial charge in [-0.2, -0.15) is 0 Å². The quantitative estimate of drug-likeness (QED) is 0.826. The molecule has 2 heterocycles. The average Bonchev–Trinajstić information content (AvgIpc) is 3.26. The van der Waals surface area contributed by atoms with Crippen LogP contribution in [0.15, 0.2) is 27.6 Å². The number of thioether (sulfide) groups is 1. The van der Waals surface area contributed by atoms with Crippen LogP contribution in [0, 0.1) is 11.3 Å². The van der Waals surface area contributed by atoms with Crippen LogP contribution < -0.4 is 5.32 Å². The molecule has 2 atom stereocenters. The van der Waals surface area contributed by atoms with Crippen LogP contribution in [0.5, 0.6) is 0 Å². The van der Waals surface area contributed by atoms with E-state index in [0.717, 1.165) is 36.2 Å². The summed E-state index contributed by atoms with van der Waals surface area (Å²) in [6.45, 7) is 2.15. The maximum Gasteiger partial charge on any atom is 0.226 e. The number of nitrogens with zero attached hydrogens (tertiary/aromatic N) is 1. The summed E-state index contributed by atoms with van der Waals surface area (Å²) in [7, 11) is 2.01. The fourth-order valence-electron chi connectivity index (χ4n) is 4.32. The minimum atomic E-state index is 0.232. The molecule has 2 unspecified atom stereocenters. The van der Waals surface area contributed by atoms with E-state index in [4.69, 9.17) is 0 Å². The van der Waals surface area contributed by atoms with Crippen molar-refractivity contribution in [3.63, 3.8) is 0 Å². The molecule has 3 nitrogen and oxygen atoms in total. The Morgan fingerprint density at radius 2 is 2.17 bits per heavy atom. The predicted octanol–water partition coefficient (Wildman–Crippen LogP) is 3.83. The molecule has 1 aliphatic carbocycles. The van der Waals surface area contributed by atoms with Gasteiger partial charge in [0.05, 0.1) is 6.04 Å². The summed E-state index contributed by atoms with van der Waals surface area (Å²) in [6.07, 6.45) is 4.49. The number of rotatable bonds is 2. The van der Waals surface area contributed by atoms with Crippen LogP contribution in [0.25, 0.3) is 0 Å². The first-order chi connectivity index (χ1) is 11.1. The molecule has 5 heteroatoms. The molecular weight excluding hydrogens is 372 g/mol. The minimum absolute atomic E-state index is 0.232. The number of carbonyl (C=O) groups excluding carboxylic acids is 1. The van der Waals surface area contributed by atoms with Crippen molar-refractivity contribution < 1.29 is 4.79 Å². The molecule has 1 saturated carbocycles. The molecule has 2 aliphatic heterocycles. The highest BCUT2D eigenvalue weighted by molar-refractivity contribution is 9.10. The van der Waals surface area contributed by atoms with Crippen LogP contribution in [-0.2, 0) is 4.79 Å². The molecule has 1 saturated heterocycles. The van der Waals surface area contributed by atoms with Gasteiger partial charge in [-0.3, -0.25) is 4.79 Å². The molecule has 2 fully saturated rings. The standard InChI is InChI=1S/C18H23BrN2OS/c1-21(17(22)14-11-18(14)5-7-20-8-6-18)15-4-9-23-16-3-2-12(19)10-13(15)16/h2-3,10,14-15,20H,4-9,11H2,1H3. The molecule has 3 aliphatic rings. The van der Waals surface area contributed by atoms with Gasteiger partial charge in [-0.1, -0.05) is 15.9 Å². The van der Waals surface area contributed by atoms with Gasteiger partial charge < -0.3 is 10.2 Å². The zero-order valence-electron chi connectivity index (χ0n) is 13.5.